The van der Waals surface area contributed by atoms with Gasteiger partial charge in [-0.3, -0.25) is 5.32 Å². The molecule has 1 rings (SSSR count). The number of nitriles is 1. The lowest BCUT2D eigenvalue weighted by atomic mass is 9.98. The van der Waals surface area contributed by atoms with Gasteiger partial charge in [0.15, 0.2) is 0 Å². The van der Waals surface area contributed by atoms with Gasteiger partial charge in [0.05, 0.1) is 6.07 Å². The summed E-state index contributed by atoms with van der Waals surface area (Å²) in [5.41, 5.74) is -0.267. The van der Waals surface area contributed by atoms with E-state index in [2.05, 4.69) is 37.1 Å². The Bertz CT molecular complexity index is 247. The van der Waals surface area contributed by atoms with Gasteiger partial charge in [0.2, 0.25) is 0 Å². The lowest BCUT2D eigenvalue weighted by Crippen LogP contribution is -2.47. The van der Waals surface area contributed by atoms with Gasteiger partial charge in [-0.05, 0) is 19.5 Å². The summed E-state index contributed by atoms with van der Waals surface area (Å²) in [7, 11) is 0. The van der Waals surface area contributed by atoms with Gasteiger partial charge in [-0.15, -0.1) is 0 Å². The predicted octanol–water partition coefficient (Wildman–Crippen LogP) is 1.71. The molecule has 2 unspecified atom stereocenters. The van der Waals surface area contributed by atoms with Gasteiger partial charge in [-0.25, -0.2) is 0 Å². The van der Waals surface area contributed by atoms with Crippen LogP contribution >= 0.6 is 11.8 Å². The smallest absolute Gasteiger partial charge is 0.116 e. The minimum absolute atomic E-state index is 0.267. The van der Waals surface area contributed by atoms with Crippen LogP contribution in [0.2, 0.25) is 0 Å². The minimum atomic E-state index is -0.267. The zero-order chi connectivity index (χ0) is 12.0. The van der Waals surface area contributed by atoms with Crippen LogP contribution in [0, 0.1) is 11.3 Å². The Morgan fingerprint density at radius 2 is 2.19 bits per heavy atom. The average molecular weight is 241 g/mol. The van der Waals surface area contributed by atoms with Gasteiger partial charge in [-0.1, -0.05) is 20.8 Å². The van der Waals surface area contributed by atoms with Crippen LogP contribution in [-0.4, -0.2) is 47.6 Å². The molecule has 1 saturated heterocycles. The Labute approximate surface area is 104 Å². The van der Waals surface area contributed by atoms with E-state index in [1.165, 1.54) is 0 Å². The van der Waals surface area contributed by atoms with Crippen molar-refractivity contribution in [3.8, 4) is 6.07 Å². The first kappa shape index (κ1) is 13.8. The van der Waals surface area contributed by atoms with Crippen LogP contribution in [0.4, 0.5) is 0 Å². The zero-order valence-electron chi connectivity index (χ0n) is 10.6. The van der Waals surface area contributed by atoms with Crippen LogP contribution in [0.5, 0.6) is 0 Å². The SMILES string of the molecule is CCN(CC)CCNC1(C#N)CSC(C)C1. The highest BCUT2D eigenvalue weighted by Crippen LogP contribution is 2.33. The van der Waals surface area contributed by atoms with E-state index in [0.717, 1.165) is 38.4 Å². The summed E-state index contributed by atoms with van der Waals surface area (Å²) in [6, 6.07) is 2.47. The van der Waals surface area contributed by atoms with Crippen molar-refractivity contribution in [3.63, 3.8) is 0 Å². The normalized spacial score (nSPS) is 29.6. The van der Waals surface area contributed by atoms with E-state index >= 15 is 0 Å². The summed E-state index contributed by atoms with van der Waals surface area (Å²) < 4.78 is 0. The summed E-state index contributed by atoms with van der Waals surface area (Å²) in [6.45, 7) is 10.7. The molecule has 1 heterocycles. The van der Waals surface area contributed by atoms with E-state index in [-0.39, 0.29) is 5.54 Å². The van der Waals surface area contributed by atoms with Gasteiger partial charge >= 0.3 is 0 Å². The van der Waals surface area contributed by atoms with Gasteiger partial charge in [0, 0.05) is 24.1 Å². The molecule has 0 aromatic rings. The Morgan fingerprint density at radius 3 is 2.62 bits per heavy atom. The van der Waals surface area contributed by atoms with Crippen molar-refractivity contribution in [2.24, 2.45) is 0 Å². The summed E-state index contributed by atoms with van der Waals surface area (Å²) in [5.74, 6) is 0.933. The highest BCUT2D eigenvalue weighted by molar-refractivity contribution is 8.00. The fourth-order valence-corrected chi connectivity index (χ4v) is 3.38. The molecule has 4 heteroatoms. The topological polar surface area (TPSA) is 39.1 Å². The number of hydrogen-bond donors (Lipinski definition) is 1. The van der Waals surface area contributed by atoms with Gasteiger partial charge in [0.25, 0.3) is 0 Å². The third kappa shape index (κ3) is 3.65. The van der Waals surface area contributed by atoms with E-state index in [9.17, 15) is 5.26 Å². The lowest BCUT2D eigenvalue weighted by Gasteiger charge is -2.24. The Morgan fingerprint density at radius 1 is 1.50 bits per heavy atom. The quantitative estimate of drug-likeness (QED) is 0.768. The maximum atomic E-state index is 9.27. The second kappa shape index (κ2) is 6.48. The van der Waals surface area contributed by atoms with Crippen LogP contribution in [0.3, 0.4) is 0 Å². The second-order valence-electron chi connectivity index (χ2n) is 4.47. The van der Waals surface area contributed by atoms with Crippen LogP contribution in [0.1, 0.15) is 27.2 Å². The lowest BCUT2D eigenvalue weighted by molar-refractivity contribution is 0.289. The van der Waals surface area contributed by atoms with Crippen molar-refractivity contribution >= 4 is 11.8 Å². The van der Waals surface area contributed by atoms with E-state index in [4.69, 9.17) is 0 Å². The molecule has 92 valence electrons. The highest BCUT2D eigenvalue weighted by Gasteiger charge is 2.37. The molecule has 1 N–H and O–H groups in total. The molecule has 1 aliphatic heterocycles. The molecule has 0 aromatic heterocycles. The molecule has 1 fully saturated rings. The van der Waals surface area contributed by atoms with E-state index in [1.54, 1.807) is 0 Å². The fourth-order valence-electron chi connectivity index (χ4n) is 2.13. The van der Waals surface area contributed by atoms with Gasteiger partial charge in [0.1, 0.15) is 5.54 Å². The number of thioether (sulfide) groups is 1. The number of rotatable bonds is 6. The molecular weight excluding hydrogens is 218 g/mol. The van der Waals surface area contributed by atoms with Crippen molar-refractivity contribution in [3.05, 3.63) is 0 Å². The van der Waals surface area contributed by atoms with E-state index < -0.39 is 0 Å². The molecule has 0 spiro atoms. The predicted molar refractivity (Wildman–Crippen MR) is 70.7 cm³/mol. The average Bonchev–Trinajstić information content (AvgIpc) is 2.67. The first-order chi connectivity index (χ1) is 7.65. The molecule has 16 heavy (non-hydrogen) atoms. The van der Waals surface area contributed by atoms with Crippen molar-refractivity contribution in [2.75, 3.05) is 31.9 Å². The maximum Gasteiger partial charge on any atom is 0.116 e. The van der Waals surface area contributed by atoms with Crippen molar-refractivity contribution in [2.45, 2.75) is 38.0 Å². The molecule has 2 atom stereocenters. The van der Waals surface area contributed by atoms with E-state index in [0.29, 0.717) is 5.25 Å². The second-order valence-corrected chi connectivity index (χ2v) is 5.90. The number of likely N-dealkylation sites (N-methyl/N-ethyl adjacent to an activating group) is 1. The molecule has 0 aromatic carbocycles. The largest absolute Gasteiger partial charge is 0.303 e. The van der Waals surface area contributed by atoms with Gasteiger partial charge < -0.3 is 4.90 Å². The third-order valence-electron chi connectivity index (χ3n) is 3.25. The molecule has 0 aliphatic carbocycles. The summed E-state index contributed by atoms with van der Waals surface area (Å²) in [5, 5.41) is 13.3. The third-order valence-corrected chi connectivity index (χ3v) is 4.65. The molecule has 3 nitrogen and oxygen atoms in total. The first-order valence-electron chi connectivity index (χ1n) is 6.16. The van der Waals surface area contributed by atoms with Crippen LogP contribution in [-0.2, 0) is 0 Å². The summed E-state index contributed by atoms with van der Waals surface area (Å²) in [6.07, 6.45) is 0.979. The Kier molecular flexibility index (Phi) is 5.60. The standard InChI is InChI=1S/C12H23N3S/c1-4-15(5-2)7-6-14-12(9-13)8-11(3)16-10-12/h11,14H,4-8,10H2,1-3H3. The molecule has 1 aliphatic rings. The number of nitrogens with one attached hydrogen (secondary N) is 1. The first-order valence-corrected chi connectivity index (χ1v) is 7.21. The molecule has 0 bridgehead atoms. The molecule has 0 radical (unpaired) electrons. The minimum Gasteiger partial charge on any atom is -0.303 e. The van der Waals surface area contributed by atoms with Crippen molar-refractivity contribution in [1.29, 1.82) is 5.26 Å². The van der Waals surface area contributed by atoms with E-state index in [1.807, 2.05) is 11.8 Å². The van der Waals surface area contributed by atoms with Crippen LogP contribution in [0.25, 0.3) is 0 Å². The van der Waals surface area contributed by atoms with Crippen molar-refractivity contribution < 1.29 is 0 Å². The molecule has 0 amide bonds. The van der Waals surface area contributed by atoms with Crippen LogP contribution < -0.4 is 5.32 Å². The highest BCUT2D eigenvalue weighted by atomic mass is 32.2. The van der Waals surface area contributed by atoms with Crippen LogP contribution in [0.15, 0.2) is 0 Å². The Hall–Kier alpha value is -0.240. The fraction of sp³-hybridized carbons (Fsp3) is 0.917. The maximum absolute atomic E-state index is 9.27. The summed E-state index contributed by atoms with van der Waals surface area (Å²) >= 11 is 1.90. The molecule has 0 saturated carbocycles. The monoisotopic (exact) mass is 241 g/mol. The number of nitrogens with zero attached hydrogens (tertiary/aromatic N) is 2. The number of hydrogen-bond acceptors (Lipinski definition) is 4. The van der Waals surface area contributed by atoms with Crippen molar-refractivity contribution in [1.82, 2.24) is 10.2 Å². The zero-order valence-corrected chi connectivity index (χ0v) is 11.4. The molecular formula is C12H23N3S. The Balaban J connectivity index is 2.33. The summed E-state index contributed by atoms with van der Waals surface area (Å²) in [4.78, 5) is 2.38. The van der Waals surface area contributed by atoms with Gasteiger partial charge in [-0.2, -0.15) is 17.0 Å².